The van der Waals surface area contributed by atoms with Crippen LogP contribution in [-0.2, 0) is 17.9 Å². The van der Waals surface area contributed by atoms with Crippen LogP contribution in [0.4, 0.5) is 0 Å². The molecule has 0 bridgehead atoms. The van der Waals surface area contributed by atoms with Gasteiger partial charge in [-0.15, -0.1) is 0 Å². The van der Waals surface area contributed by atoms with Crippen molar-refractivity contribution < 1.29 is 9.90 Å². The number of rotatable bonds is 7. The lowest BCUT2D eigenvalue weighted by Crippen LogP contribution is -2.40. The fraction of sp³-hybridized carbons (Fsp3) is 0.529. The van der Waals surface area contributed by atoms with Gasteiger partial charge in [0.1, 0.15) is 6.54 Å². The number of aliphatic hydroxyl groups excluding tert-OH is 1. The van der Waals surface area contributed by atoms with E-state index in [4.69, 9.17) is 5.11 Å². The number of aliphatic hydroxyl groups is 1. The summed E-state index contributed by atoms with van der Waals surface area (Å²) in [5, 5.41) is 12.1. The minimum Gasteiger partial charge on any atom is -0.396 e. The van der Waals surface area contributed by atoms with E-state index in [0.29, 0.717) is 18.9 Å². The predicted molar refractivity (Wildman–Crippen MR) is 88.2 cm³/mol. The number of carbonyl (C=O) groups excluding carboxylic acids is 1. The van der Waals surface area contributed by atoms with Crippen molar-refractivity contribution in [2.24, 2.45) is 5.92 Å². The molecule has 0 aliphatic heterocycles. The standard InChI is InChI=1S/C17H23N3O3/c1-2-19-14-5-3-4-6-15(14)20(17(19)23)11-16(22)18-13(9-10-21)12-7-8-12/h3-6,12-13,21H,2,7-11H2,1H3,(H,18,22). The van der Waals surface area contributed by atoms with Crippen LogP contribution in [0, 0.1) is 5.92 Å². The molecular weight excluding hydrogens is 294 g/mol. The van der Waals surface area contributed by atoms with E-state index in [1.807, 2.05) is 31.2 Å². The van der Waals surface area contributed by atoms with E-state index in [0.717, 1.165) is 23.9 Å². The number of fused-ring (bicyclic) bond motifs is 1. The van der Waals surface area contributed by atoms with Crippen LogP contribution >= 0.6 is 0 Å². The Hall–Kier alpha value is -2.08. The zero-order valence-electron chi connectivity index (χ0n) is 13.4. The van der Waals surface area contributed by atoms with Gasteiger partial charge < -0.3 is 10.4 Å². The van der Waals surface area contributed by atoms with Crippen molar-refractivity contribution in [2.45, 2.75) is 45.3 Å². The molecule has 0 spiro atoms. The van der Waals surface area contributed by atoms with Crippen molar-refractivity contribution in [3.8, 4) is 0 Å². The van der Waals surface area contributed by atoms with E-state index in [1.54, 1.807) is 4.57 Å². The van der Waals surface area contributed by atoms with Crippen molar-refractivity contribution in [2.75, 3.05) is 6.61 Å². The first-order valence-corrected chi connectivity index (χ1v) is 8.24. The first-order chi connectivity index (χ1) is 11.2. The highest BCUT2D eigenvalue weighted by molar-refractivity contribution is 5.81. The van der Waals surface area contributed by atoms with E-state index in [2.05, 4.69) is 5.32 Å². The van der Waals surface area contributed by atoms with Crippen molar-refractivity contribution in [1.82, 2.24) is 14.5 Å². The molecule has 1 aliphatic rings. The number of aryl methyl sites for hydroxylation is 1. The average molecular weight is 317 g/mol. The Morgan fingerprint density at radius 3 is 2.52 bits per heavy atom. The van der Waals surface area contributed by atoms with Crippen LogP contribution in [0.5, 0.6) is 0 Å². The van der Waals surface area contributed by atoms with Gasteiger partial charge in [-0.3, -0.25) is 13.9 Å². The second-order valence-electron chi connectivity index (χ2n) is 6.13. The Bertz CT molecular complexity index is 758. The average Bonchev–Trinajstić information content (AvgIpc) is 3.35. The number of nitrogens with zero attached hydrogens (tertiary/aromatic N) is 2. The lowest BCUT2D eigenvalue weighted by molar-refractivity contribution is -0.122. The second kappa shape index (κ2) is 6.58. The van der Waals surface area contributed by atoms with E-state index < -0.39 is 0 Å². The molecule has 1 amide bonds. The molecule has 1 aromatic heterocycles. The molecule has 2 aromatic rings. The molecule has 6 nitrogen and oxygen atoms in total. The van der Waals surface area contributed by atoms with Crippen molar-refractivity contribution in [1.29, 1.82) is 0 Å². The van der Waals surface area contributed by atoms with E-state index in [1.165, 1.54) is 4.57 Å². The summed E-state index contributed by atoms with van der Waals surface area (Å²) in [6.45, 7) is 2.57. The van der Waals surface area contributed by atoms with E-state index >= 15 is 0 Å². The number of benzene rings is 1. The third-order valence-corrected chi connectivity index (χ3v) is 4.52. The minimum absolute atomic E-state index is 0.0149. The van der Waals surface area contributed by atoms with Crippen molar-refractivity contribution in [3.05, 3.63) is 34.7 Å². The van der Waals surface area contributed by atoms with Gasteiger partial charge >= 0.3 is 5.69 Å². The molecular formula is C17H23N3O3. The third-order valence-electron chi connectivity index (χ3n) is 4.52. The Balaban J connectivity index is 1.82. The molecule has 124 valence electrons. The number of nitrogens with one attached hydrogen (secondary N) is 1. The normalized spacial score (nSPS) is 15.7. The van der Waals surface area contributed by atoms with Gasteiger partial charge in [0, 0.05) is 19.2 Å². The number of hydrogen-bond donors (Lipinski definition) is 2. The van der Waals surface area contributed by atoms with Crippen LogP contribution in [-0.4, -0.2) is 32.8 Å². The predicted octanol–water partition coefficient (Wildman–Crippen LogP) is 1.10. The molecule has 23 heavy (non-hydrogen) atoms. The van der Waals surface area contributed by atoms with Crippen molar-refractivity contribution >= 4 is 16.9 Å². The van der Waals surface area contributed by atoms with Gasteiger partial charge in [-0.1, -0.05) is 12.1 Å². The fourth-order valence-corrected chi connectivity index (χ4v) is 3.19. The van der Waals surface area contributed by atoms with Crippen molar-refractivity contribution in [3.63, 3.8) is 0 Å². The van der Waals surface area contributed by atoms with Gasteiger partial charge in [0.2, 0.25) is 5.91 Å². The van der Waals surface area contributed by atoms with Gasteiger partial charge in [0.05, 0.1) is 11.0 Å². The summed E-state index contributed by atoms with van der Waals surface area (Å²) in [7, 11) is 0. The van der Waals surface area contributed by atoms with E-state index in [-0.39, 0.29) is 30.8 Å². The first-order valence-electron chi connectivity index (χ1n) is 8.24. The maximum atomic E-state index is 12.5. The van der Waals surface area contributed by atoms with Crippen LogP contribution in [0.1, 0.15) is 26.2 Å². The summed E-state index contributed by atoms with van der Waals surface area (Å²) in [4.78, 5) is 24.9. The SMILES string of the molecule is CCn1c(=O)n(CC(=O)NC(CCO)C2CC2)c2ccccc21. The Kier molecular flexibility index (Phi) is 4.52. The zero-order chi connectivity index (χ0) is 16.4. The molecule has 1 fully saturated rings. The minimum atomic E-state index is -0.170. The van der Waals surface area contributed by atoms with Gasteiger partial charge in [0.15, 0.2) is 0 Å². The molecule has 3 rings (SSSR count). The summed E-state index contributed by atoms with van der Waals surface area (Å²) in [6, 6.07) is 7.54. The third kappa shape index (κ3) is 3.17. The lowest BCUT2D eigenvalue weighted by Gasteiger charge is -2.17. The number of imidazole rings is 1. The maximum absolute atomic E-state index is 12.5. The summed E-state index contributed by atoms with van der Waals surface area (Å²) in [6.07, 6.45) is 2.77. The largest absolute Gasteiger partial charge is 0.396 e. The first kappa shape index (κ1) is 15.8. The molecule has 6 heteroatoms. The molecule has 0 saturated heterocycles. The fourth-order valence-electron chi connectivity index (χ4n) is 3.19. The molecule has 1 unspecified atom stereocenters. The smallest absolute Gasteiger partial charge is 0.329 e. The monoisotopic (exact) mass is 317 g/mol. The summed E-state index contributed by atoms with van der Waals surface area (Å²) >= 11 is 0. The Morgan fingerprint density at radius 2 is 1.96 bits per heavy atom. The van der Waals surface area contributed by atoms with Gasteiger partial charge in [-0.2, -0.15) is 0 Å². The maximum Gasteiger partial charge on any atom is 0.329 e. The molecule has 1 heterocycles. The van der Waals surface area contributed by atoms with Crippen LogP contribution in [0.3, 0.4) is 0 Å². The van der Waals surface area contributed by atoms with E-state index in [9.17, 15) is 9.59 Å². The Labute approximate surface area is 134 Å². The van der Waals surface area contributed by atoms with Gasteiger partial charge in [-0.25, -0.2) is 4.79 Å². The highest BCUT2D eigenvalue weighted by Gasteiger charge is 2.31. The quantitative estimate of drug-likeness (QED) is 0.803. The zero-order valence-corrected chi connectivity index (χ0v) is 13.4. The number of para-hydroxylation sites is 2. The molecule has 1 atom stereocenters. The van der Waals surface area contributed by atoms with Gasteiger partial charge in [-0.05, 0) is 44.2 Å². The molecule has 1 aliphatic carbocycles. The topological polar surface area (TPSA) is 76.3 Å². The Morgan fingerprint density at radius 1 is 1.30 bits per heavy atom. The van der Waals surface area contributed by atoms with Crippen LogP contribution in [0.25, 0.3) is 11.0 Å². The molecule has 1 aromatic carbocycles. The molecule has 0 radical (unpaired) electrons. The molecule has 2 N–H and O–H groups in total. The highest BCUT2D eigenvalue weighted by Crippen LogP contribution is 2.33. The number of carbonyl (C=O) groups is 1. The number of aromatic nitrogens is 2. The summed E-state index contributed by atoms with van der Waals surface area (Å²) < 4.78 is 3.20. The summed E-state index contributed by atoms with van der Waals surface area (Å²) in [5.74, 6) is 0.302. The van der Waals surface area contributed by atoms with Crippen LogP contribution in [0.15, 0.2) is 29.1 Å². The summed E-state index contributed by atoms with van der Waals surface area (Å²) in [5.41, 5.74) is 1.47. The second-order valence-corrected chi connectivity index (χ2v) is 6.13. The number of amides is 1. The van der Waals surface area contributed by atoms with Crippen LogP contribution < -0.4 is 11.0 Å². The van der Waals surface area contributed by atoms with Gasteiger partial charge in [0.25, 0.3) is 0 Å². The number of hydrogen-bond acceptors (Lipinski definition) is 3. The highest BCUT2D eigenvalue weighted by atomic mass is 16.3. The lowest BCUT2D eigenvalue weighted by atomic mass is 10.1. The molecule has 1 saturated carbocycles. The van der Waals surface area contributed by atoms with Crippen LogP contribution in [0.2, 0.25) is 0 Å².